The molecule has 0 radical (unpaired) electrons. The Morgan fingerprint density at radius 1 is 0.865 bits per heavy atom. The fraction of sp³-hybridized carbons (Fsp3) is 0.296. The molecule has 3 aromatic rings. The Bertz CT molecular complexity index is 1360. The zero-order chi connectivity index (χ0) is 25.8. The van der Waals surface area contributed by atoms with Crippen molar-refractivity contribution in [3.8, 4) is 11.5 Å². The molecule has 5 rings (SSSR count). The van der Waals surface area contributed by atoms with Crippen LogP contribution in [0.2, 0.25) is 0 Å². The van der Waals surface area contributed by atoms with Crippen molar-refractivity contribution in [2.75, 3.05) is 50.8 Å². The van der Waals surface area contributed by atoms with Gasteiger partial charge in [-0.15, -0.1) is 0 Å². The van der Waals surface area contributed by atoms with Crippen LogP contribution in [-0.2, 0) is 21.4 Å². The largest absolute Gasteiger partial charge is 0.486 e. The van der Waals surface area contributed by atoms with Crippen LogP contribution < -0.4 is 14.4 Å². The molecule has 2 aliphatic heterocycles. The van der Waals surface area contributed by atoms with Crippen LogP contribution in [0.1, 0.15) is 5.56 Å². The maximum atomic E-state index is 14.2. The quantitative estimate of drug-likeness (QED) is 0.472. The normalized spacial score (nSPS) is 15.6. The minimum atomic E-state index is -4.04. The molecule has 0 atom stereocenters. The number of rotatable bonds is 7. The van der Waals surface area contributed by atoms with Crippen molar-refractivity contribution >= 4 is 21.6 Å². The minimum Gasteiger partial charge on any atom is -0.486 e. The highest BCUT2D eigenvalue weighted by atomic mass is 32.2. The van der Waals surface area contributed by atoms with E-state index in [0.29, 0.717) is 56.6 Å². The van der Waals surface area contributed by atoms with Crippen LogP contribution in [0.15, 0.2) is 77.7 Å². The first-order chi connectivity index (χ1) is 17.9. The fourth-order valence-corrected chi connectivity index (χ4v) is 5.90. The van der Waals surface area contributed by atoms with E-state index < -0.39 is 10.0 Å². The molecule has 2 aliphatic rings. The van der Waals surface area contributed by atoms with Gasteiger partial charge in [-0.05, 0) is 29.8 Å². The van der Waals surface area contributed by atoms with Gasteiger partial charge in [0.1, 0.15) is 19.0 Å². The lowest BCUT2D eigenvalue weighted by molar-refractivity contribution is -0.131. The van der Waals surface area contributed by atoms with E-state index in [9.17, 15) is 17.6 Å². The molecule has 0 saturated carbocycles. The van der Waals surface area contributed by atoms with Gasteiger partial charge in [-0.3, -0.25) is 4.79 Å². The van der Waals surface area contributed by atoms with Crippen molar-refractivity contribution < 1.29 is 27.1 Å². The third-order valence-corrected chi connectivity index (χ3v) is 8.28. The number of halogens is 1. The summed E-state index contributed by atoms with van der Waals surface area (Å²) in [4.78, 5) is 16.9. The second-order valence-corrected chi connectivity index (χ2v) is 10.8. The molecule has 10 heteroatoms. The lowest BCUT2D eigenvalue weighted by Crippen LogP contribution is -2.52. The molecule has 0 N–H and O–H groups in total. The van der Waals surface area contributed by atoms with Crippen LogP contribution in [0, 0.1) is 5.82 Å². The number of benzene rings is 3. The van der Waals surface area contributed by atoms with Crippen molar-refractivity contribution in [1.82, 2.24) is 9.21 Å². The van der Waals surface area contributed by atoms with E-state index in [1.807, 2.05) is 35.2 Å². The monoisotopic (exact) mass is 525 g/mol. The summed E-state index contributed by atoms with van der Waals surface area (Å²) >= 11 is 0. The van der Waals surface area contributed by atoms with E-state index in [1.54, 1.807) is 29.2 Å². The average molecular weight is 526 g/mol. The molecule has 1 amide bonds. The van der Waals surface area contributed by atoms with Gasteiger partial charge in [-0.2, -0.15) is 4.31 Å². The second-order valence-electron chi connectivity index (χ2n) is 8.88. The lowest BCUT2D eigenvalue weighted by atomic mass is 10.2. The Morgan fingerprint density at radius 3 is 2.27 bits per heavy atom. The van der Waals surface area contributed by atoms with Gasteiger partial charge in [0.05, 0.1) is 17.1 Å². The number of piperazine rings is 1. The van der Waals surface area contributed by atoms with Crippen molar-refractivity contribution in [2.24, 2.45) is 0 Å². The van der Waals surface area contributed by atoms with E-state index >= 15 is 0 Å². The molecule has 1 saturated heterocycles. The number of para-hydroxylation sites is 1. The first-order valence-electron chi connectivity index (χ1n) is 12.1. The topological polar surface area (TPSA) is 79.4 Å². The number of amides is 1. The predicted octanol–water partition coefficient (Wildman–Crippen LogP) is 3.14. The van der Waals surface area contributed by atoms with E-state index in [1.165, 1.54) is 22.5 Å². The molecule has 194 valence electrons. The Labute approximate surface area is 215 Å². The number of carbonyl (C=O) groups excluding carboxylic acids is 1. The molecule has 0 unspecified atom stereocenters. The van der Waals surface area contributed by atoms with Gasteiger partial charge in [0.15, 0.2) is 11.5 Å². The summed E-state index contributed by atoms with van der Waals surface area (Å²) in [5.41, 5.74) is 1.27. The number of hydrogen-bond donors (Lipinski definition) is 0. The summed E-state index contributed by atoms with van der Waals surface area (Å²) in [6.07, 6.45) is 0. The van der Waals surface area contributed by atoms with Crippen LogP contribution >= 0.6 is 0 Å². The highest BCUT2D eigenvalue weighted by Crippen LogP contribution is 2.33. The fourth-order valence-electron chi connectivity index (χ4n) is 4.50. The van der Waals surface area contributed by atoms with Crippen molar-refractivity contribution in [1.29, 1.82) is 0 Å². The Hall–Kier alpha value is -3.63. The zero-order valence-corrected chi connectivity index (χ0v) is 21.1. The number of fused-ring (bicyclic) bond motifs is 1. The van der Waals surface area contributed by atoms with Gasteiger partial charge in [-0.25, -0.2) is 12.8 Å². The SMILES string of the molecule is O=C(CN(Cc1ccccc1)S(=O)(=O)c1ccc2c(c1)OCCO2)N1CCN(c2ccccc2F)CC1. The summed E-state index contributed by atoms with van der Waals surface area (Å²) in [5, 5.41) is 0. The Kier molecular flexibility index (Phi) is 7.29. The van der Waals surface area contributed by atoms with Crippen molar-refractivity contribution in [2.45, 2.75) is 11.4 Å². The van der Waals surface area contributed by atoms with E-state index in [4.69, 9.17) is 9.47 Å². The Morgan fingerprint density at radius 2 is 1.54 bits per heavy atom. The zero-order valence-electron chi connectivity index (χ0n) is 20.3. The smallest absolute Gasteiger partial charge is 0.243 e. The highest BCUT2D eigenvalue weighted by molar-refractivity contribution is 7.89. The molecule has 0 aliphatic carbocycles. The minimum absolute atomic E-state index is 0.0323. The summed E-state index contributed by atoms with van der Waals surface area (Å²) < 4.78 is 53.9. The maximum absolute atomic E-state index is 14.2. The standard InChI is InChI=1S/C27H28FN3O5S/c28-23-8-4-5-9-24(23)29-12-14-30(15-13-29)27(32)20-31(19-21-6-2-1-3-7-21)37(33,34)22-10-11-25-26(18-22)36-17-16-35-25/h1-11,18H,12-17,19-20H2. The number of carbonyl (C=O) groups is 1. The van der Waals surface area contributed by atoms with Gasteiger partial charge in [-0.1, -0.05) is 42.5 Å². The average Bonchev–Trinajstić information content (AvgIpc) is 2.93. The third-order valence-electron chi connectivity index (χ3n) is 6.49. The number of nitrogens with zero attached hydrogens (tertiary/aromatic N) is 3. The van der Waals surface area contributed by atoms with Crippen molar-refractivity contribution in [3.63, 3.8) is 0 Å². The molecule has 37 heavy (non-hydrogen) atoms. The first-order valence-corrected chi connectivity index (χ1v) is 13.6. The van der Waals surface area contributed by atoms with Crippen LogP contribution in [0.4, 0.5) is 10.1 Å². The summed E-state index contributed by atoms with van der Waals surface area (Å²) in [6.45, 7) is 2.12. The molecular weight excluding hydrogens is 497 g/mol. The van der Waals surface area contributed by atoms with Gasteiger partial charge >= 0.3 is 0 Å². The summed E-state index contributed by atoms with van der Waals surface area (Å²) in [6, 6.07) is 20.2. The summed E-state index contributed by atoms with van der Waals surface area (Å²) in [7, 11) is -4.04. The van der Waals surface area contributed by atoms with Crippen LogP contribution in [0.3, 0.4) is 0 Å². The van der Waals surface area contributed by atoms with Crippen LogP contribution in [0.5, 0.6) is 11.5 Å². The molecule has 8 nitrogen and oxygen atoms in total. The Balaban J connectivity index is 1.34. The van der Waals surface area contributed by atoms with E-state index in [2.05, 4.69) is 0 Å². The number of ether oxygens (including phenoxy) is 2. The van der Waals surface area contributed by atoms with Gasteiger partial charge < -0.3 is 19.3 Å². The third kappa shape index (κ3) is 5.55. The van der Waals surface area contributed by atoms with Crippen molar-refractivity contribution in [3.05, 3.63) is 84.2 Å². The first kappa shape index (κ1) is 25.0. The lowest BCUT2D eigenvalue weighted by Gasteiger charge is -2.37. The van der Waals surface area contributed by atoms with Crippen LogP contribution in [-0.4, -0.2) is 69.5 Å². The van der Waals surface area contributed by atoms with Gasteiger partial charge in [0, 0.05) is 38.8 Å². The number of anilines is 1. The molecule has 0 bridgehead atoms. The maximum Gasteiger partial charge on any atom is 0.243 e. The van der Waals surface area contributed by atoms with E-state index in [-0.39, 0.29) is 29.7 Å². The molecule has 0 aromatic heterocycles. The van der Waals surface area contributed by atoms with Crippen LogP contribution in [0.25, 0.3) is 0 Å². The summed E-state index contributed by atoms with van der Waals surface area (Å²) in [5.74, 6) is 0.248. The molecule has 3 aromatic carbocycles. The molecular formula is C27H28FN3O5S. The number of sulfonamides is 1. The predicted molar refractivity (Wildman–Crippen MR) is 137 cm³/mol. The highest BCUT2D eigenvalue weighted by Gasteiger charge is 2.31. The molecule has 0 spiro atoms. The van der Waals surface area contributed by atoms with Gasteiger partial charge in [0.25, 0.3) is 0 Å². The molecule has 2 heterocycles. The second kappa shape index (κ2) is 10.8. The van der Waals surface area contributed by atoms with Gasteiger partial charge in [0.2, 0.25) is 15.9 Å². The van der Waals surface area contributed by atoms with E-state index in [0.717, 1.165) is 5.56 Å². The number of hydrogen-bond acceptors (Lipinski definition) is 6. The molecule has 1 fully saturated rings.